The summed E-state index contributed by atoms with van der Waals surface area (Å²) in [5, 5.41) is 0. The minimum Gasteiger partial charge on any atom is -0.289 e. The van der Waals surface area contributed by atoms with E-state index in [-0.39, 0.29) is 5.78 Å². The summed E-state index contributed by atoms with van der Waals surface area (Å²) < 4.78 is 0. The molecule has 0 saturated heterocycles. The zero-order chi connectivity index (χ0) is 17.8. The lowest BCUT2D eigenvalue weighted by Crippen LogP contribution is -1.94. The highest BCUT2D eigenvalue weighted by Gasteiger charge is 2.04. The highest BCUT2D eigenvalue weighted by Crippen LogP contribution is 2.20. The molecule has 0 amide bonds. The van der Waals surface area contributed by atoms with Crippen molar-refractivity contribution in [1.29, 1.82) is 0 Å². The second kappa shape index (κ2) is 7.11. The van der Waals surface area contributed by atoms with Gasteiger partial charge in [-0.2, -0.15) is 0 Å². The zero-order valence-corrected chi connectivity index (χ0v) is 14.0. The predicted octanol–water partition coefficient (Wildman–Crippen LogP) is 5.19. The van der Waals surface area contributed by atoms with Crippen molar-refractivity contribution < 1.29 is 4.79 Å². The third-order valence-corrected chi connectivity index (χ3v) is 4.17. The number of fused-ring (bicyclic) bond motifs is 1. The quantitative estimate of drug-likeness (QED) is 0.380. The molecule has 1 heterocycles. The van der Waals surface area contributed by atoms with Gasteiger partial charge in [-0.05, 0) is 41.0 Å². The van der Waals surface area contributed by atoms with Crippen LogP contribution in [-0.4, -0.2) is 15.8 Å². The van der Waals surface area contributed by atoms with Crippen molar-refractivity contribution in [2.24, 2.45) is 0 Å². The number of hydrogen-bond acceptors (Lipinski definition) is 3. The summed E-state index contributed by atoms with van der Waals surface area (Å²) in [4.78, 5) is 21.1. The summed E-state index contributed by atoms with van der Waals surface area (Å²) in [5.41, 5.74) is 5.37. The van der Waals surface area contributed by atoms with Crippen molar-refractivity contribution in [3.8, 4) is 11.1 Å². The van der Waals surface area contributed by atoms with E-state index in [4.69, 9.17) is 0 Å². The number of hydrogen-bond donors (Lipinski definition) is 0. The van der Waals surface area contributed by atoms with Crippen LogP contribution in [0.2, 0.25) is 0 Å². The Kier molecular flexibility index (Phi) is 4.35. The van der Waals surface area contributed by atoms with E-state index in [1.165, 1.54) is 0 Å². The second-order valence-corrected chi connectivity index (χ2v) is 5.95. The van der Waals surface area contributed by atoms with Crippen LogP contribution >= 0.6 is 0 Å². The first-order valence-corrected chi connectivity index (χ1v) is 8.38. The molecule has 3 nitrogen and oxygen atoms in total. The lowest BCUT2D eigenvalue weighted by Gasteiger charge is -2.03. The molecule has 0 radical (unpaired) electrons. The van der Waals surface area contributed by atoms with Gasteiger partial charge in [-0.25, -0.2) is 0 Å². The summed E-state index contributed by atoms with van der Waals surface area (Å²) in [5.74, 6) is -0.0259. The van der Waals surface area contributed by atoms with Gasteiger partial charge in [-0.15, -0.1) is 0 Å². The molecule has 0 N–H and O–H groups in total. The third kappa shape index (κ3) is 3.42. The first-order chi connectivity index (χ1) is 12.8. The smallest absolute Gasteiger partial charge is 0.185 e. The highest BCUT2D eigenvalue weighted by molar-refractivity contribution is 6.07. The topological polar surface area (TPSA) is 42.9 Å². The van der Waals surface area contributed by atoms with Crippen LogP contribution in [-0.2, 0) is 0 Å². The third-order valence-electron chi connectivity index (χ3n) is 4.17. The fourth-order valence-electron chi connectivity index (χ4n) is 2.83. The molecule has 0 aliphatic heterocycles. The number of carbonyl (C=O) groups is 1. The molecule has 26 heavy (non-hydrogen) atoms. The van der Waals surface area contributed by atoms with E-state index in [0.717, 1.165) is 27.7 Å². The van der Waals surface area contributed by atoms with E-state index in [2.05, 4.69) is 9.97 Å². The Balaban J connectivity index is 1.58. The number of benzene rings is 3. The van der Waals surface area contributed by atoms with Crippen molar-refractivity contribution in [2.75, 3.05) is 0 Å². The Hall–Kier alpha value is -3.59. The van der Waals surface area contributed by atoms with E-state index in [1.807, 2.05) is 78.9 Å². The number of nitrogens with zero attached hydrogens (tertiary/aromatic N) is 2. The predicted molar refractivity (Wildman–Crippen MR) is 105 cm³/mol. The average Bonchev–Trinajstić information content (AvgIpc) is 2.72. The van der Waals surface area contributed by atoms with Gasteiger partial charge in [0.2, 0.25) is 0 Å². The molecule has 3 aromatic carbocycles. The Morgan fingerprint density at radius 1 is 0.731 bits per heavy atom. The van der Waals surface area contributed by atoms with Crippen LogP contribution in [0.3, 0.4) is 0 Å². The first kappa shape index (κ1) is 15.9. The minimum atomic E-state index is -0.0259. The molecule has 0 saturated carbocycles. The largest absolute Gasteiger partial charge is 0.289 e. The number of ketones is 1. The highest BCUT2D eigenvalue weighted by atomic mass is 16.1. The zero-order valence-electron chi connectivity index (χ0n) is 14.0. The fourth-order valence-corrected chi connectivity index (χ4v) is 2.83. The molecular formula is C23H16N2O. The summed E-state index contributed by atoms with van der Waals surface area (Å²) >= 11 is 0. The van der Waals surface area contributed by atoms with Crippen LogP contribution in [0.25, 0.3) is 28.2 Å². The number of allylic oxidation sites excluding steroid dienone is 1. The van der Waals surface area contributed by atoms with E-state index >= 15 is 0 Å². The molecule has 0 aliphatic carbocycles. The Bertz CT molecular complexity index is 1100. The molecule has 4 rings (SSSR count). The number of rotatable bonds is 4. The molecule has 3 heteroatoms. The van der Waals surface area contributed by atoms with Crippen LogP contribution in [0, 0.1) is 0 Å². The molecule has 0 fully saturated rings. The standard InChI is InChI=1S/C23H16N2O/c26-23(12-10-17-9-11-21-22(15-17)25-14-13-24-21)20-8-4-7-19(16-20)18-5-2-1-3-6-18/h1-16H. The van der Waals surface area contributed by atoms with Crippen LogP contribution in [0.4, 0.5) is 0 Å². The van der Waals surface area contributed by atoms with Gasteiger partial charge in [-0.1, -0.05) is 60.7 Å². The summed E-state index contributed by atoms with van der Waals surface area (Å²) in [6.45, 7) is 0. The molecule has 0 unspecified atom stereocenters. The Morgan fingerprint density at radius 2 is 1.50 bits per heavy atom. The van der Waals surface area contributed by atoms with Crippen molar-refractivity contribution in [3.63, 3.8) is 0 Å². The van der Waals surface area contributed by atoms with Gasteiger partial charge >= 0.3 is 0 Å². The molecule has 124 valence electrons. The lowest BCUT2D eigenvalue weighted by molar-refractivity contribution is 0.104. The number of carbonyl (C=O) groups excluding carboxylic acids is 1. The van der Waals surface area contributed by atoms with Crippen LogP contribution in [0.1, 0.15) is 15.9 Å². The van der Waals surface area contributed by atoms with Gasteiger partial charge in [0, 0.05) is 18.0 Å². The van der Waals surface area contributed by atoms with Crippen molar-refractivity contribution in [3.05, 3.63) is 102 Å². The summed E-state index contributed by atoms with van der Waals surface area (Å²) in [6, 6.07) is 23.5. The average molecular weight is 336 g/mol. The monoisotopic (exact) mass is 336 g/mol. The van der Waals surface area contributed by atoms with Gasteiger partial charge in [-0.3, -0.25) is 14.8 Å². The normalized spacial score (nSPS) is 11.1. The molecular weight excluding hydrogens is 320 g/mol. The summed E-state index contributed by atoms with van der Waals surface area (Å²) in [6.07, 6.45) is 6.74. The second-order valence-electron chi connectivity index (χ2n) is 5.95. The van der Waals surface area contributed by atoms with E-state index in [9.17, 15) is 4.79 Å². The molecule has 1 aromatic heterocycles. The molecule has 4 aromatic rings. The maximum absolute atomic E-state index is 12.6. The lowest BCUT2D eigenvalue weighted by atomic mass is 10.0. The van der Waals surface area contributed by atoms with Gasteiger partial charge in [0.1, 0.15) is 0 Å². The maximum Gasteiger partial charge on any atom is 0.185 e. The SMILES string of the molecule is O=C(C=Cc1ccc2nccnc2c1)c1cccc(-c2ccccc2)c1. The van der Waals surface area contributed by atoms with Gasteiger partial charge in [0.05, 0.1) is 11.0 Å². The Morgan fingerprint density at radius 3 is 2.35 bits per heavy atom. The number of aromatic nitrogens is 2. The van der Waals surface area contributed by atoms with Crippen LogP contribution in [0.5, 0.6) is 0 Å². The van der Waals surface area contributed by atoms with Gasteiger partial charge in [0.15, 0.2) is 5.78 Å². The molecule has 0 bridgehead atoms. The minimum absolute atomic E-state index is 0.0259. The van der Waals surface area contributed by atoms with Crippen LogP contribution in [0.15, 0.2) is 91.3 Å². The van der Waals surface area contributed by atoms with Gasteiger partial charge in [0.25, 0.3) is 0 Å². The van der Waals surface area contributed by atoms with E-state index < -0.39 is 0 Å². The van der Waals surface area contributed by atoms with Crippen molar-refractivity contribution >= 4 is 22.9 Å². The van der Waals surface area contributed by atoms with Crippen molar-refractivity contribution in [2.45, 2.75) is 0 Å². The Labute approximate surface area is 151 Å². The van der Waals surface area contributed by atoms with Gasteiger partial charge < -0.3 is 0 Å². The molecule has 0 aliphatic rings. The van der Waals surface area contributed by atoms with Crippen molar-refractivity contribution in [1.82, 2.24) is 9.97 Å². The fraction of sp³-hybridized carbons (Fsp3) is 0. The van der Waals surface area contributed by atoms with E-state index in [1.54, 1.807) is 18.5 Å². The summed E-state index contributed by atoms with van der Waals surface area (Å²) in [7, 11) is 0. The molecule has 0 spiro atoms. The maximum atomic E-state index is 12.6. The van der Waals surface area contributed by atoms with E-state index in [0.29, 0.717) is 5.56 Å². The first-order valence-electron chi connectivity index (χ1n) is 8.38. The van der Waals surface area contributed by atoms with Crippen LogP contribution < -0.4 is 0 Å². The molecule has 0 atom stereocenters.